The van der Waals surface area contributed by atoms with E-state index in [1.54, 1.807) is 36.4 Å². The van der Waals surface area contributed by atoms with Crippen LogP contribution in [0.3, 0.4) is 0 Å². The molecule has 4 N–H and O–H groups in total. The Morgan fingerprint density at radius 1 is 1.07 bits per heavy atom. The lowest BCUT2D eigenvalue weighted by atomic mass is 9.98. The SMILES string of the molecule is C[C@@]1(F)C(OC(=O)OCc2ccccc2)[C@@H](CO)O[C@H]1n1cnc2c(NC(=O)OCc3ccccc3)nc(N)nc21. The predicted octanol–water partition coefficient (Wildman–Crippen LogP) is 3.50. The first kappa shape index (κ1) is 27.7. The Balaban J connectivity index is 1.32. The molecule has 0 saturated carbocycles. The van der Waals surface area contributed by atoms with Crippen molar-refractivity contribution in [3.63, 3.8) is 0 Å². The molecule has 1 fully saturated rings. The smallest absolute Gasteiger partial charge is 0.444 e. The number of aromatic nitrogens is 4. The van der Waals surface area contributed by atoms with Gasteiger partial charge in [-0.15, -0.1) is 0 Å². The van der Waals surface area contributed by atoms with Gasteiger partial charge in [-0.1, -0.05) is 60.7 Å². The van der Waals surface area contributed by atoms with E-state index in [0.717, 1.165) is 12.5 Å². The quantitative estimate of drug-likeness (QED) is 0.266. The number of alkyl halides is 1. The Morgan fingerprint density at radius 2 is 1.71 bits per heavy atom. The molecular weight excluding hydrogens is 539 g/mol. The van der Waals surface area contributed by atoms with E-state index in [1.165, 1.54) is 10.9 Å². The molecule has 0 spiro atoms. The van der Waals surface area contributed by atoms with Gasteiger partial charge in [0.05, 0.1) is 12.9 Å². The molecule has 4 atom stereocenters. The van der Waals surface area contributed by atoms with Gasteiger partial charge < -0.3 is 29.8 Å². The van der Waals surface area contributed by atoms with E-state index in [4.69, 9.17) is 24.7 Å². The van der Waals surface area contributed by atoms with Gasteiger partial charge in [0.1, 0.15) is 19.3 Å². The summed E-state index contributed by atoms with van der Waals surface area (Å²) in [5, 5.41) is 12.4. The van der Waals surface area contributed by atoms with E-state index in [0.29, 0.717) is 5.56 Å². The summed E-state index contributed by atoms with van der Waals surface area (Å²) in [5.41, 5.74) is 5.07. The maximum absolute atomic E-state index is 16.3. The number of aliphatic hydroxyl groups excluding tert-OH is 1. The number of benzene rings is 2. The molecule has 0 bridgehead atoms. The number of anilines is 2. The summed E-state index contributed by atoms with van der Waals surface area (Å²) in [6.07, 6.45) is -4.97. The van der Waals surface area contributed by atoms with Crippen LogP contribution in [0.15, 0.2) is 67.0 Å². The fourth-order valence-corrected chi connectivity index (χ4v) is 4.44. The molecule has 1 unspecified atom stereocenters. The third kappa shape index (κ3) is 6.02. The third-order valence-electron chi connectivity index (χ3n) is 6.41. The number of hydrogen-bond acceptors (Lipinski definition) is 11. The number of nitrogen functional groups attached to an aromatic ring is 1. The average molecular weight is 567 g/mol. The summed E-state index contributed by atoms with van der Waals surface area (Å²) in [4.78, 5) is 37.2. The van der Waals surface area contributed by atoms with Gasteiger partial charge >= 0.3 is 12.2 Å². The second-order valence-electron chi connectivity index (χ2n) is 9.36. The Kier molecular flexibility index (Phi) is 7.94. The molecule has 2 aromatic carbocycles. The fraction of sp³-hybridized carbons (Fsp3) is 0.296. The predicted molar refractivity (Wildman–Crippen MR) is 142 cm³/mol. The molecule has 14 heteroatoms. The number of ether oxygens (including phenoxy) is 4. The van der Waals surface area contributed by atoms with Crippen LogP contribution in [0.1, 0.15) is 24.3 Å². The lowest BCUT2D eigenvalue weighted by molar-refractivity contribution is -0.0575. The topological polar surface area (TPSA) is 173 Å². The minimum atomic E-state index is -2.38. The van der Waals surface area contributed by atoms with E-state index in [1.807, 2.05) is 24.3 Å². The minimum Gasteiger partial charge on any atom is -0.444 e. The van der Waals surface area contributed by atoms with Crippen LogP contribution in [-0.4, -0.2) is 61.4 Å². The molecule has 2 aromatic heterocycles. The molecule has 214 valence electrons. The zero-order chi connectivity index (χ0) is 29.0. The van der Waals surface area contributed by atoms with E-state index in [-0.39, 0.29) is 36.1 Å². The van der Waals surface area contributed by atoms with Gasteiger partial charge in [0, 0.05) is 0 Å². The molecule has 13 nitrogen and oxygen atoms in total. The van der Waals surface area contributed by atoms with Crippen molar-refractivity contribution >= 4 is 35.2 Å². The summed E-state index contributed by atoms with van der Waals surface area (Å²) in [6.45, 7) is 0.420. The summed E-state index contributed by atoms with van der Waals surface area (Å²) in [5.74, 6) is -0.314. The van der Waals surface area contributed by atoms with Gasteiger partial charge in [-0.2, -0.15) is 9.97 Å². The highest BCUT2D eigenvalue weighted by Crippen LogP contribution is 2.44. The molecule has 1 amide bonds. The van der Waals surface area contributed by atoms with E-state index in [2.05, 4.69) is 20.3 Å². The van der Waals surface area contributed by atoms with Gasteiger partial charge in [0.2, 0.25) is 5.95 Å². The molecular formula is C27H27FN6O7. The number of amides is 1. The first-order valence-corrected chi connectivity index (χ1v) is 12.6. The molecule has 4 aromatic rings. The molecule has 5 rings (SSSR count). The monoisotopic (exact) mass is 566 g/mol. The average Bonchev–Trinajstić information content (AvgIpc) is 3.49. The van der Waals surface area contributed by atoms with E-state index >= 15 is 4.39 Å². The zero-order valence-electron chi connectivity index (χ0n) is 21.8. The molecule has 3 heterocycles. The van der Waals surface area contributed by atoms with Crippen molar-refractivity contribution in [1.82, 2.24) is 19.5 Å². The van der Waals surface area contributed by atoms with Crippen molar-refractivity contribution in [2.75, 3.05) is 17.7 Å². The molecule has 1 aliphatic rings. The molecule has 1 aliphatic heterocycles. The number of carbonyl (C=O) groups excluding carboxylic acids is 2. The second-order valence-corrected chi connectivity index (χ2v) is 9.36. The zero-order valence-corrected chi connectivity index (χ0v) is 21.8. The number of halogens is 1. The van der Waals surface area contributed by atoms with Crippen LogP contribution >= 0.6 is 0 Å². The maximum Gasteiger partial charge on any atom is 0.509 e. The van der Waals surface area contributed by atoms with Crippen LogP contribution in [0.5, 0.6) is 0 Å². The van der Waals surface area contributed by atoms with Crippen molar-refractivity contribution in [3.8, 4) is 0 Å². The summed E-state index contributed by atoms with van der Waals surface area (Å²) in [7, 11) is 0. The number of hydrogen-bond donors (Lipinski definition) is 3. The van der Waals surface area contributed by atoms with Crippen molar-refractivity contribution in [2.45, 2.75) is 44.2 Å². The van der Waals surface area contributed by atoms with Crippen LogP contribution in [0.25, 0.3) is 11.2 Å². The van der Waals surface area contributed by atoms with Crippen LogP contribution in [0.2, 0.25) is 0 Å². The number of nitrogens with zero attached hydrogens (tertiary/aromatic N) is 4. The van der Waals surface area contributed by atoms with Gasteiger partial charge in [0.15, 0.2) is 35.0 Å². The van der Waals surface area contributed by atoms with Crippen LogP contribution < -0.4 is 11.1 Å². The second kappa shape index (κ2) is 11.7. The number of aliphatic hydroxyl groups is 1. The van der Waals surface area contributed by atoms with Crippen LogP contribution in [0.4, 0.5) is 25.7 Å². The number of nitrogens with two attached hydrogens (primary N) is 1. The van der Waals surface area contributed by atoms with Gasteiger partial charge in [0.25, 0.3) is 0 Å². The van der Waals surface area contributed by atoms with Crippen molar-refractivity contribution in [1.29, 1.82) is 0 Å². The maximum atomic E-state index is 16.3. The van der Waals surface area contributed by atoms with Crippen LogP contribution in [-0.2, 0) is 32.2 Å². The highest BCUT2D eigenvalue weighted by atomic mass is 19.1. The highest BCUT2D eigenvalue weighted by Gasteiger charge is 2.58. The Morgan fingerprint density at radius 3 is 2.34 bits per heavy atom. The van der Waals surface area contributed by atoms with E-state index < -0.39 is 43.0 Å². The minimum absolute atomic E-state index is 0.0126. The summed E-state index contributed by atoms with van der Waals surface area (Å²) >= 11 is 0. The van der Waals surface area contributed by atoms with Crippen molar-refractivity contribution in [3.05, 3.63) is 78.1 Å². The Bertz CT molecular complexity index is 1520. The molecule has 41 heavy (non-hydrogen) atoms. The molecule has 0 radical (unpaired) electrons. The Labute approximate surface area is 233 Å². The normalized spacial score (nSPS) is 21.9. The van der Waals surface area contributed by atoms with Crippen molar-refractivity contribution in [2.24, 2.45) is 0 Å². The van der Waals surface area contributed by atoms with Crippen molar-refractivity contribution < 1.29 is 38.0 Å². The fourth-order valence-electron chi connectivity index (χ4n) is 4.44. The number of imidazole rings is 1. The lowest BCUT2D eigenvalue weighted by Crippen LogP contribution is -2.44. The van der Waals surface area contributed by atoms with E-state index in [9.17, 15) is 14.7 Å². The molecule has 1 saturated heterocycles. The van der Waals surface area contributed by atoms with Gasteiger partial charge in [-0.3, -0.25) is 9.88 Å². The largest absolute Gasteiger partial charge is 0.509 e. The van der Waals surface area contributed by atoms with Crippen LogP contribution in [0, 0.1) is 0 Å². The highest BCUT2D eigenvalue weighted by molar-refractivity contribution is 5.94. The number of nitrogens with one attached hydrogen (secondary N) is 1. The first-order chi connectivity index (χ1) is 19.8. The number of carbonyl (C=O) groups is 2. The third-order valence-corrected chi connectivity index (χ3v) is 6.41. The lowest BCUT2D eigenvalue weighted by Gasteiger charge is -2.27. The Hall–Kier alpha value is -4.82. The first-order valence-electron chi connectivity index (χ1n) is 12.6. The number of fused-ring (bicyclic) bond motifs is 1. The van der Waals surface area contributed by atoms with Gasteiger partial charge in [-0.05, 0) is 18.1 Å². The summed E-state index contributed by atoms with van der Waals surface area (Å²) in [6, 6.07) is 17.9. The standard InChI is InChI=1S/C27H27FN6O7/c1-27(28)20(41-26(37)39-14-17-10-6-3-7-11-17)18(12-35)40-23(27)34-15-30-19-21(31-24(29)33-22(19)34)32-25(36)38-13-16-8-4-2-5-9-16/h2-11,15,18,20,23,35H,12-14H2,1H3,(H3,29,31,32,33,36)/t18-,20?,23-,27-/m1/s1. The molecule has 0 aliphatic carbocycles. The number of rotatable bonds is 8. The summed E-state index contributed by atoms with van der Waals surface area (Å²) < 4.78 is 38.9. The van der Waals surface area contributed by atoms with Gasteiger partial charge in [-0.25, -0.2) is 19.0 Å².